The molecular weight excluding hydrogens is 390 g/mol. The fraction of sp³-hybridized carbons (Fsp3) is 0.316. The van der Waals surface area contributed by atoms with Gasteiger partial charge in [-0.15, -0.1) is 0 Å². The average molecular weight is 410 g/mol. The highest BCUT2D eigenvalue weighted by Gasteiger charge is 2.37. The number of nitrogens with one attached hydrogen (secondary N) is 1. The van der Waals surface area contributed by atoms with Crippen LogP contribution in [0.4, 0.5) is 14.5 Å². The average Bonchev–Trinajstić information content (AvgIpc) is 2.70. The van der Waals surface area contributed by atoms with Crippen molar-refractivity contribution in [3.8, 4) is 5.75 Å². The van der Waals surface area contributed by atoms with Crippen molar-refractivity contribution < 1.29 is 26.7 Å². The topological polar surface area (TPSA) is 75.7 Å². The van der Waals surface area contributed by atoms with E-state index in [9.17, 15) is 22.0 Å². The second kappa shape index (κ2) is 8.66. The molecule has 1 N–H and O–H groups in total. The van der Waals surface area contributed by atoms with Gasteiger partial charge >= 0.3 is 6.61 Å². The van der Waals surface area contributed by atoms with Gasteiger partial charge in [0.25, 0.3) is 0 Å². The summed E-state index contributed by atoms with van der Waals surface area (Å²) in [5, 5.41) is 2.66. The van der Waals surface area contributed by atoms with Crippen molar-refractivity contribution in [2.45, 2.75) is 36.8 Å². The molecule has 0 bridgehead atoms. The van der Waals surface area contributed by atoms with Crippen LogP contribution in [-0.2, 0) is 14.8 Å². The van der Waals surface area contributed by atoms with Gasteiger partial charge in [0.2, 0.25) is 15.9 Å². The molecule has 3 rings (SSSR count). The highest BCUT2D eigenvalue weighted by Crippen LogP contribution is 2.26. The predicted molar refractivity (Wildman–Crippen MR) is 99.7 cm³/mol. The monoisotopic (exact) mass is 410 g/mol. The van der Waals surface area contributed by atoms with Crippen LogP contribution in [0.3, 0.4) is 0 Å². The Labute approximate surface area is 162 Å². The number of nitrogens with zero attached hydrogens (tertiary/aromatic N) is 1. The largest absolute Gasteiger partial charge is 0.435 e. The SMILES string of the molecule is O=C(Nc1ccc(OC(F)F)cc1)[C@@H]1CCCCN1S(=O)(=O)c1ccccc1. The number of anilines is 1. The number of benzene rings is 2. The molecule has 1 fully saturated rings. The van der Waals surface area contributed by atoms with Gasteiger partial charge in [0.15, 0.2) is 0 Å². The number of rotatable bonds is 6. The van der Waals surface area contributed by atoms with Crippen molar-refractivity contribution in [2.75, 3.05) is 11.9 Å². The number of carbonyl (C=O) groups excluding carboxylic acids is 1. The van der Waals surface area contributed by atoms with E-state index >= 15 is 0 Å². The predicted octanol–water partition coefficient (Wildman–Crippen LogP) is 3.47. The van der Waals surface area contributed by atoms with Crippen LogP contribution in [0.2, 0.25) is 0 Å². The molecule has 150 valence electrons. The Morgan fingerprint density at radius 2 is 1.75 bits per heavy atom. The number of ether oxygens (including phenoxy) is 1. The fourth-order valence-corrected chi connectivity index (χ4v) is 4.81. The van der Waals surface area contributed by atoms with Gasteiger partial charge in [0.05, 0.1) is 4.90 Å². The van der Waals surface area contributed by atoms with Crippen LogP contribution in [0.5, 0.6) is 5.75 Å². The van der Waals surface area contributed by atoms with Gasteiger partial charge in [0.1, 0.15) is 11.8 Å². The lowest BCUT2D eigenvalue weighted by molar-refractivity contribution is -0.120. The molecule has 0 saturated carbocycles. The Morgan fingerprint density at radius 1 is 1.07 bits per heavy atom. The van der Waals surface area contributed by atoms with Crippen LogP contribution < -0.4 is 10.1 Å². The molecule has 0 aliphatic carbocycles. The lowest BCUT2D eigenvalue weighted by Gasteiger charge is -2.33. The highest BCUT2D eigenvalue weighted by molar-refractivity contribution is 7.89. The minimum atomic E-state index is -3.80. The summed E-state index contributed by atoms with van der Waals surface area (Å²) in [6, 6.07) is 12.6. The quantitative estimate of drug-likeness (QED) is 0.791. The van der Waals surface area contributed by atoms with Gasteiger partial charge in [-0.25, -0.2) is 8.42 Å². The zero-order valence-corrected chi connectivity index (χ0v) is 15.7. The molecular formula is C19H20F2N2O4S. The zero-order valence-electron chi connectivity index (χ0n) is 14.9. The van der Waals surface area contributed by atoms with E-state index < -0.39 is 28.6 Å². The molecule has 1 amide bonds. The standard InChI is InChI=1S/C19H20F2N2O4S/c20-19(21)27-15-11-9-14(10-12-15)22-18(24)17-8-4-5-13-23(17)28(25,26)16-6-2-1-3-7-16/h1-3,6-7,9-12,17,19H,4-5,8,13H2,(H,22,24)/t17-/m0/s1. The number of hydrogen-bond donors (Lipinski definition) is 1. The second-order valence-corrected chi connectivity index (χ2v) is 8.22. The van der Waals surface area contributed by atoms with Crippen LogP contribution in [0.25, 0.3) is 0 Å². The normalized spacial score (nSPS) is 18.0. The first kappa shape index (κ1) is 20.2. The van der Waals surface area contributed by atoms with Crippen LogP contribution in [-0.4, -0.2) is 37.8 Å². The molecule has 1 saturated heterocycles. The van der Waals surface area contributed by atoms with E-state index in [1.165, 1.54) is 40.7 Å². The Balaban J connectivity index is 1.75. The number of sulfonamides is 1. The maximum Gasteiger partial charge on any atom is 0.387 e. The second-order valence-electron chi connectivity index (χ2n) is 6.33. The van der Waals surface area contributed by atoms with E-state index in [0.29, 0.717) is 18.5 Å². The number of alkyl halides is 2. The van der Waals surface area contributed by atoms with E-state index in [1.807, 2.05) is 0 Å². The molecule has 9 heteroatoms. The summed E-state index contributed by atoms with van der Waals surface area (Å²) in [6.45, 7) is -2.67. The van der Waals surface area contributed by atoms with Crippen molar-refractivity contribution in [1.82, 2.24) is 4.31 Å². The summed E-state index contributed by atoms with van der Waals surface area (Å²) in [5.74, 6) is -0.485. The van der Waals surface area contributed by atoms with Crippen LogP contribution in [0.1, 0.15) is 19.3 Å². The Hall–Kier alpha value is -2.52. The van der Waals surface area contributed by atoms with Crippen LogP contribution in [0, 0.1) is 0 Å². The van der Waals surface area contributed by atoms with Crippen molar-refractivity contribution in [1.29, 1.82) is 0 Å². The Morgan fingerprint density at radius 3 is 2.39 bits per heavy atom. The molecule has 2 aromatic carbocycles. The molecule has 0 unspecified atom stereocenters. The van der Waals surface area contributed by atoms with Gasteiger partial charge in [-0.3, -0.25) is 4.79 Å². The van der Waals surface area contributed by atoms with Gasteiger partial charge in [0, 0.05) is 12.2 Å². The third-order valence-electron chi connectivity index (χ3n) is 4.45. The summed E-state index contributed by atoms with van der Waals surface area (Å²) in [6.07, 6.45) is 1.82. The first-order valence-corrected chi connectivity index (χ1v) is 10.2. The lowest BCUT2D eigenvalue weighted by atomic mass is 10.0. The van der Waals surface area contributed by atoms with E-state index in [1.54, 1.807) is 18.2 Å². The van der Waals surface area contributed by atoms with Crippen molar-refractivity contribution in [3.05, 3.63) is 54.6 Å². The molecule has 2 aromatic rings. The number of hydrogen-bond acceptors (Lipinski definition) is 4. The number of halogens is 2. The first-order valence-electron chi connectivity index (χ1n) is 8.80. The summed E-state index contributed by atoms with van der Waals surface area (Å²) >= 11 is 0. The van der Waals surface area contributed by atoms with E-state index in [0.717, 1.165) is 6.42 Å². The first-order chi connectivity index (χ1) is 13.4. The fourth-order valence-electron chi connectivity index (χ4n) is 3.13. The lowest BCUT2D eigenvalue weighted by Crippen LogP contribution is -2.49. The maximum atomic E-state index is 13.0. The highest BCUT2D eigenvalue weighted by atomic mass is 32.2. The summed E-state index contributed by atoms with van der Waals surface area (Å²) in [5.41, 5.74) is 0.370. The molecule has 28 heavy (non-hydrogen) atoms. The Bertz CT molecular complexity index is 905. The summed E-state index contributed by atoms with van der Waals surface area (Å²) < 4.78 is 55.8. The van der Waals surface area contributed by atoms with E-state index in [4.69, 9.17) is 0 Å². The molecule has 6 nitrogen and oxygen atoms in total. The van der Waals surface area contributed by atoms with Crippen molar-refractivity contribution in [3.63, 3.8) is 0 Å². The zero-order chi connectivity index (χ0) is 20.1. The minimum Gasteiger partial charge on any atom is -0.435 e. The smallest absolute Gasteiger partial charge is 0.387 e. The number of piperidine rings is 1. The molecule has 1 atom stereocenters. The Kier molecular flexibility index (Phi) is 6.25. The maximum absolute atomic E-state index is 13.0. The van der Waals surface area contributed by atoms with Crippen molar-refractivity contribution in [2.24, 2.45) is 0 Å². The summed E-state index contributed by atoms with van der Waals surface area (Å²) in [4.78, 5) is 12.9. The molecule has 0 aromatic heterocycles. The van der Waals surface area contributed by atoms with Crippen LogP contribution >= 0.6 is 0 Å². The van der Waals surface area contributed by atoms with Crippen molar-refractivity contribution >= 4 is 21.6 Å². The number of amides is 1. The molecule has 1 aliphatic rings. The third-order valence-corrected chi connectivity index (χ3v) is 6.38. The minimum absolute atomic E-state index is 0.0288. The van der Waals surface area contributed by atoms with Gasteiger partial charge in [-0.05, 0) is 49.2 Å². The van der Waals surface area contributed by atoms with E-state index in [-0.39, 0.29) is 17.2 Å². The van der Waals surface area contributed by atoms with E-state index in [2.05, 4.69) is 10.1 Å². The molecule has 1 aliphatic heterocycles. The number of carbonyl (C=O) groups is 1. The summed E-state index contributed by atoms with van der Waals surface area (Å²) in [7, 11) is -3.80. The van der Waals surface area contributed by atoms with Crippen LogP contribution in [0.15, 0.2) is 59.5 Å². The molecule has 0 radical (unpaired) electrons. The van der Waals surface area contributed by atoms with Gasteiger partial charge < -0.3 is 10.1 Å². The molecule has 0 spiro atoms. The van der Waals surface area contributed by atoms with Gasteiger partial charge in [-0.2, -0.15) is 13.1 Å². The third kappa shape index (κ3) is 4.66. The molecule has 1 heterocycles. The van der Waals surface area contributed by atoms with Gasteiger partial charge in [-0.1, -0.05) is 24.6 Å².